The van der Waals surface area contributed by atoms with Gasteiger partial charge in [0.2, 0.25) is 0 Å². The van der Waals surface area contributed by atoms with Crippen molar-refractivity contribution in [3.8, 4) is 0 Å². The molecule has 0 unspecified atom stereocenters. The van der Waals surface area contributed by atoms with Crippen molar-refractivity contribution < 1.29 is 43.4 Å². The van der Waals surface area contributed by atoms with Crippen molar-refractivity contribution in [3.05, 3.63) is 31.3 Å². The minimum atomic E-state index is -0.805. The van der Waals surface area contributed by atoms with Crippen molar-refractivity contribution in [2.24, 2.45) is 21.1 Å². The van der Waals surface area contributed by atoms with E-state index in [-0.39, 0.29) is 31.7 Å². The number of nitrogens with two attached hydrogens (primary N) is 1. The number of nitrogens with zero attached hydrogens (tertiary/aromatic N) is 10. The van der Waals surface area contributed by atoms with Crippen molar-refractivity contribution in [2.45, 2.75) is 188 Å². The lowest BCUT2D eigenvalue weighted by molar-refractivity contribution is -0.197. The first-order chi connectivity index (χ1) is 29.9. The number of aliphatic carboxylic acids is 1. The Morgan fingerprint density at radius 1 is 0.613 bits per heavy atom. The van der Waals surface area contributed by atoms with Gasteiger partial charge in [-0.3, -0.25) is 24.0 Å². The second-order valence-electron chi connectivity index (χ2n) is 13.9. The van der Waals surface area contributed by atoms with Crippen LogP contribution >= 0.6 is 15.9 Å². The van der Waals surface area contributed by atoms with Gasteiger partial charge in [0.1, 0.15) is 5.78 Å². The number of hydrogen-bond acceptors (Lipinski definition) is 12. The number of carbonyl (C=O) groups excluding carboxylic acids is 5. The average molecular weight is 947 g/mol. The van der Waals surface area contributed by atoms with Crippen LogP contribution in [0.3, 0.4) is 0 Å². The first-order valence-electron chi connectivity index (χ1n) is 22.2. The maximum atomic E-state index is 11.5. The van der Waals surface area contributed by atoms with E-state index in [4.69, 9.17) is 32.2 Å². The van der Waals surface area contributed by atoms with Gasteiger partial charge in [-0.25, -0.2) is 4.79 Å². The van der Waals surface area contributed by atoms with Crippen LogP contribution in [0, 0.1) is 0 Å². The third kappa shape index (κ3) is 55.6. The van der Waals surface area contributed by atoms with Crippen LogP contribution in [-0.2, 0) is 38.3 Å². The summed E-state index contributed by atoms with van der Waals surface area (Å²) in [4.78, 5) is 77.9. The van der Waals surface area contributed by atoms with Crippen LogP contribution in [0.4, 0.5) is 0 Å². The minimum absolute atomic E-state index is 0.0801. The Kier molecular flexibility index (Phi) is 56.6. The van der Waals surface area contributed by atoms with Crippen LogP contribution in [0.5, 0.6) is 0 Å². The van der Waals surface area contributed by atoms with Gasteiger partial charge in [0.25, 0.3) is 11.8 Å². The van der Waals surface area contributed by atoms with Gasteiger partial charge in [-0.15, -0.1) is 5.06 Å². The van der Waals surface area contributed by atoms with E-state index in [0.717, 1.165) is 50.4 Å². The van der Waals surface area contributed by atoms with Crippen molar-refractivity contribution in [1.29, 1.82) is 0 Å². The number of halogens is 1. The number of esters is 1. The predicted octanol–water partition coefficient (Wildman–Crippen LogP) is 11.4. The second-order valence-corrected chi connectivity index (χ2v) is 14.7. The van der Waals surface area contributed by atoms with E-state index in [9.17, 15) is 28.8 Å². The largest absolute Gasteiger partial charge is 0.481 e. The topological polar surface area (TPSA) is 317 Å². The number of alkyl halides is 1. The number of unbranched alkanes of at least 4 members (excludes halogenated alkanes) is 13. The molecule has 1 heterocycles. The SMILES string of the molecule is CCCCCCCCC(=O)CCCCN=[N+]=[N-].CCCCCCCN.CCOC(=O)CCCCBr.[N-]=[N+]=NCCCCC(=O)O.[N-]=[N+]=NCCCCC(=O)ON1C(=O)CCC1=O. The van der Waals surface area contributed by atoms with Crippen LogP contribution in [-0.4, -0.2) is 83.8 Å². The van der Waals surface area contributed by atoms with Gasteiger partial charge in [0.15, 0.2) is 0 Å². The van der Waals surface area contributed by atoms with E-state index in [2.05, 4.69) is 64.7 Å². The molecule has 21 heteroatoms. The highest BCUT2D eigenvalue weighted by Crippen LogP contribution is 2.13. The molecule has 0 radical (unpaired) electrons. The molecule has 1 fully saturated rings. The molecule has 0 aromatic heterocycles. The van der Waals surface area contributed by atoms with E-state index in [1.807, 2.05) is 6.92 Å². The van der Waals surface area contributed by atoms with Gasteiger partial charge < -0.3 is 20.4 Å². The molecule has 1 aliphatic heterocycles. The van der Waals surface area contributed by atoms with Crippen LogP contribution in [0.25, 0.3) is 31.3 Å². The zero-order chi connectivity index (χ0) is 47.3. The Balaban J connectivity index is -0.000000351. The average Bonchev–Trinajstić information content (AvgIpc) is 3.56. The fraction of sp³-hybridized carbons (Fsp3) is 0.854. The Morgan fingerprint density at radius 3 is 1.45 bits per heavy atom. The van der Waals surface area contributed by atoms with Crippen LogP contribution in [0.15, 0.2) is 15.3 Å². The molecule has 0 atom stereocenters. The molecule has 0 aromatic rings. The summed E-state index contributed by atoms with van der Waals surface area (Å²) < 4.78 is 4.73. The fourth-order valence-corrected chi connectivity index (χ4v) is 5.32. The van der Waals surface area contributed by atoms with Crippen LogP contribution in [0.1, 0.15) is 188 Å². The summed E-state index contributed by atoms with van der Waals surface area (Å²) in [5, 5.41) is 19.7. The normalized spacial score (nSPS) is 10.9. The van der Waals surface area contributed by atoms with Crippen LogP contribution < -0.4 is 5.73 Å². The number of carboxylic acids is 1. The number of ether oxygens (including phenoxy) is 1. The predicted molar refractivity (Wildman–Crippen MR) is 243 cm³/mol. The molecular weight excluding hydrogens is 870 g/mol. The van der Waals surface area contributed by atoms with E-state index < -0.39 is 23.8 Å². The molecular formula is C41H76BrN11O9. The molecule has 1 aliphatic rings. The number of azide groups is 3. The first kappa shape index (κ1) is 64.2. The highest BCUT2D eigenvalue weighted by Gasteiger charge is 2.32. The van der Waals surface area contributed by atoms with E-state index in [0.29, 0.717) is 75.6 Å². The number of carboxylic acid groups (broad SMARTS) is 1. The third-order valence-corrected chi connectivity index (χ3v) is 8.89. The van der Waals surface area contributed by atoms with Gasteiger partial charge in [0.05, 0.1) is 6.61 Å². The zero-order valence-electron chi connectivity index (χ0n) is 37.8. The van der Waals surface area contributed by atoms with Crippen molar-refractivity contribution in [3.63, 3.8) is 0 Å². The first-order valence-corrected chi connectivity index (χ1v) is 23.3. The smallest absolute Gasteiger partial charge is 0.333 e. The molecule has 1 saturated heterocycles. The summed E-state index contributed by atoms with van der Waals surface area (Å²) in [6.07, 6.45) is 22.2. The standard InChI is InChI=1S/C13H25N3O.C9H12N4O4.C7H13BrO2.C7H17N.C5H9N3O2/c1-2-3-4-5-6-7-10-13(17)11-8-9-12-15-16-14;10-12-11-6-2-1-3-9(16)17-13-7(14)4-5-8(13)15;1-2-10-7(9)5-3-4-6-8;1-2-3-4-5-6-7-8;6-8-7-4-2-1-3-5(9)10/h2-12H2,1H3;1-6H2;2-6H2,1H3;2-8H2,1H3;1-4H2,(H,9,10). The summed E-state index contributed by atoms with van der Waals surface area (Å²) >= 11 is 3.29. The molecule has 20 nitrogen and oxygen atoms in total. The number of hydroxylamine groups is 2. The molecule has 62 heavy (non-hydrogen) atoms. The molecule has 0 saturated carbocycles. The number of ketones is 1. The molecule has 2 amide bonds. The summed E-state index contributed by atoms with van der Waals surface area (Å²) in [7, 11) is 0. The Hall–Kier alpha value is -4.41. The van der Waals surface area contributed by atoms with Gasteiger partial charge in [0, 0.05) is 84.6 Å². The van der Waals surface area contributed by atoms with Gasteiger partial charge in [-0.1, -0.05) is 103 Å². The zero-order valence-corrected chi connectivity index (χ0v) is 39.4. The van der Waals surface area contributed by atoms with Gasteiger partial charge in [-0.05, 0) is 94.3 Å². The number of imide groups is 1. The maximum absolute atomic E-state index is 11.5. The van der Waals surface area contributed by atoms with Gasteiger partial charge in [-0.2, -0.15) is 0 Å². The van der Waals surface area contributed by atoms with Gasteiger partial charge >= 0.3 is 17.9 Å². The number of amides is 2. The van der Waals surface area contributed by atoms with Crippen molar-refractivity contribution in [1.82, 2.24) is 5.06 Å². The van der Waals surface area contributed by atoms with E-state index in [1.165, 1.54) is 64.2 Å². The highest BCUT2D eigenvalue weighted by atomic mass is 79.9. The lowest BCUT2D eigenvalue weighted by atomic mass is 10.0. The van der Waals surface area contributed by atoms with E-state index >= 15 is 0 Å². The number of carbonyl (C=O) groups is 6. The quantitative estimate of drug-likeness (QED) is 0.0119. The van der Waals surface area contributed by atoms with Crippen molar-refractivity contribution >= 4 is 51.4 Å². The summed E-state index contributed by atoms with van der Waals surface area (Å²) in [6.45, 7) is 8.83. The fourth-order valence-electron chi connectivity index (χ4n) is 4.93. The third-order valence-electron chi connectivity index (χ3n) is 8.33. The lowest BCUT2D eigenvalue weighted by Gasteiger charge is -2.12. The number of rotatable bonds is 33. The molecule has 0 aliphatic carbocycles. The molecule has 0 bridgehead atoms. The molecule has 1 rings (SSSR count). The summed E-state index contributed by atoms with van der Waals surface area (Å²) in [5.41, 5.74) is 29.2. The molecule has 0 aromatic carbocycles. The van der Waals surface area contributed by atoms with E-state index in [1.54, 1.807) is 0 Å². The molecule has 0 spiro atoms. The summed E-state index contributed by atoms with van der Waals surface area (Å²) in [6, 6.07) is 0. The Morgan fingerprint density at radius 2 is 1.02 bits per heavy atom. The summed E-state index contributed by atoms with van der Waals surface area (Å²) in [5.74, 6) is -2.13. The lowest BCUT2D eigenvalue weighted by Crippen LogP contribution is -2.31. The second kappa shape index (κ2) is 54.6. The molecule has 3 N–H and O–H groups in total. The van der Waals surface area contributed by atoms with Crippen molar-refractivity contribution in [2.75, 3.05) is 38.1 Å². The Labute approximate surface area is 377 Å². The molecule has 356 valence electrons. The highest BCUT2D eigenvalue weighted by molar-refractivity contribution is 9.09. The Bertz CT molecular complexity index is 1280. The maximum Gasteiger partial charge on any atom is 0.333 e. The number of Topliss-reactive ketones (excluding diaryl/α,β-unsaturated/α-hetero) is 1. The van der Waals surface area contributed by atoms with Crippen LogP contribution in [0.2, 0.25) is 0 Å². The minimum Gasteiger partial charge on any atom is -0.481 e. The monoisotopic (exact) mass is 946 g/mol. The number of hydrogen-bond donors (Lipinski definition) is 2.